The van der Waals surface area contributed by atoms with Crippen molar-refractivity contribution in [1.29, 1.82) is 0 Å². The number of carbonyl (C=O) groups excluding carboxylic acids is 1. The molecule has 0 aromatic carbocycles. The molecule has 4 nitrogen and oxygen atoms in total. The van der Waals surface area contributed by atoms with E-state index in [0.29, 0.717) is 17.9 Å². The van der Waals surface area contributed by atoms with Crippen molar-refractivity contribution in [2.45, 2.75) is 46.0 Å². The number of ether oxygens (including phenoxy) is 1. The summed E-state index contributed by atoms with van der Waals surface area (Å²) in [7, 11) is 1.71. The van der Waals surface area contributed by atoms with E-state index >= 15 is 0 Å². The van der Waals surface area contributed by atoms with E-state index in [-0.39, 0.29) is 17.8 Å². The van der Waals surface area contributed by atoms with Gasteiger partial charge in [0.2, 0.25) is 5.91 Å². The summed E-state index contributed by atoms with van der Waals surface area (Å²) in [6, 6.07) is 0. The zero-order chi connectivity index (χ0) is 14.6. The van der Waals surface area contributed by atoms with E-state index in [1.54, 1.807) is 7.11 Å². The minimum Gasteiger partial charge on any atom is -0.384 e. The Kier molecular flexibility index (Phi) is 6.95. The number of nitrogens with zero attached hydrogens (tertiary/aromatic N) is 1. The van der Waals surface area contributed by atoms with Crippen LogP contribution in [0.25, 0.3) is 0 Å². The molecule has 2 rings (SSSR count). The van der Waals surface area contributed by atoms with Gasteiger partial charge in [-0.25, -0.2) is 0 Å². The molecule has 21 heavy (non-hydrogen) atoms. The first-order chi connectivity index (χ1) is 9.55. The van der Waals surface area contributed by atoms with Gasteiger partial charge in [0.05, 0.1) is 12.0 Å². The number of hydrogen-bond acceptors (Lipinski definition) is 3. The van der Waals surface area contributed by atoms with E-state index in [2.05, 4.69) is 24.1 Å². The Hall–Kier alpha value is -0.320. The first kappa shape index (κ1) is 18.7. The Balaban J connectivity index is 0.00000220. The van der Waals surface area contributed by atoms with Gasteiger partial charge in [-0.1, -0.05) is 20.3 Å². The molecule has 0 saturated carbocycles. The summed E-state index contributed by atoms with van der Waals surface area (Å²) in [6.45, 7) is 8.87. The number of nitrogens with one attached hydrogen (secondary N) is 1. The maximum absolute atomic E-state index is 13.0. The lowest BCUT2D eigenvalue weighted by molar-refractivity contribution is -0.149. The second-order valence-electron chi connectivity index (χ2n) is 6.92. The lowest BCUT2D eigenvalue weighted by Gasteiger charge is -2.44. The Morgan fingerprint density at radius 1 is 1.19 bits per heavy atom. The normalized spacial score (nSPS) is 24.2. The Morgan fingerprint density at radius 2 is 1.76 bits per heavy atom. The SMILES string of the molecule is CCC1(C)CCN(C(=O)C2(COC)CCNCC2)CC1.Cl. The molecule has 0 unspecified atom stereocenters. The second-order valence-corrected chi connectivity index (χ2v) is 6.92. The topological polar surface area (TPSA) is 41.6 Å². The van der Waals surface area contributed by atoms with Crippen molar-refractivity contribution < 1.29 is 9.53 Å². The van der Waals surface area contributed by atoms with Crippen molar-refractivity contribution in [3.8, 4) is 0 Å². The van der Waals surface area contributed by atoms with Gasteiger partial charge >= 0.3 is 0 Å². The van der Waals surface area contributed by atoms with Crippen molar-refractivity contribution in [3.63, 3.8) is 0 Å². The molecular formula is C16H31ClN2O2. The molecular weight excluding hydrogens is 288 g/mol. The minimum absolute atomic E-state index is 0. The van der Waals surface area contributed by atoms with Crippen molar-refractivity contribution in [2.75, 3.05) is 39.9 Å². The van der Waals surface area contributed by atoms with Gasteiger partial charge in [-0.3, -0.25) is 4.79 Å². The molecule has 2 saturated heterocycles. The zero-order valence-electron chi connectivity index (χ0n) is 13.7. The number of hydrogen-bond donors (Lipinski definition) is 1. The third-order valence-corrected chi connectivity index (χ3v) is 5.55. The highest BCUT2D eigenvalue weighted by molar-refractivity contribution is 5.85. The monoisotopic (exact) mass is 318 g/mol. The maximum Gasteiger partial charge on any atom is 0.231 e. The quantitative estimate of drug-likeness (QED) is 0.865. The standard InChI is InChI=1S/C16H30N2O2.ClH/c1-4-15(2)7-11-18(12-8-15)14(19)16(13-20-3)5-9-17-10-6-16;/h17H,4-13H2,1-3H3;1H. The van der Waals surface area contributed by atoms with Crippen molar-refractivity contribution in [1.82, 2.24) is 10.2 Å². The first-order valence-electron chi connectivity index (χ1n) is 8.04. The van der Waals surface area contributed by atoms with Gasteiger partial charge in [0, 0.05) is 20.2 Å². The van der Waals surface area contributed by atoms with Gasteiger partial charge in [0.1, 0.15) is 0 Å². The van der Waals surface area contributed by atoms with E-state index in [1.165, 1.54) is 6.42 Å². The fraction of sp³-hybridized carbons (Fsp3) is 0.938. The zero-order valence-corrected chi connectivity index (χ0v) is 14.6. The Bertz CT molecular complexity index is 330. The largest absolute Gasteiger partial charge is 0.384 e. The molecule has 2 fully saturated rings. The fourth-order valence-corrected chi connectivity index (χ4v) is 3.54. The molecule has 0 aromatic rings. The summed E-state index contributed by atoms with van der Waals surface area (Å²) < 4.78 is 5.38. The van der Waals surface area contributed by atoms with Gasteiger partial charge < -0.3 is 15.0 Å². The highest BCUT2D eigenvalue weighted by atomic mass is 35.5. The van der Waals surface area contributed by atoms with Crippen molar-refractivity contribution in [3.05, 3.63) is 0 Å². The third kappa shape index (κ3) is 4.11. The van der Waals surface area contributed by atoms with E-state index in [1.807, 2.05) is 0 Å². The lowest BCUT2D eigenvalue weighted by atomic mass is 9.75. The molecule has 0 aromatic heterocycles. The molecule has 1 N–H and O–H groups in total. The summed E-state index contributed by atoms with van der Waals surface area (Å²) in [5, 5.41) is 3.35. The lowest BCUT2D eigenvalue weighted by Crippen LogP contribution is -2.54. The highest BCUT2D eigenvalue weighted by Gasteiger charge is 2.43. The van der Waals surface area contributed by atoms with Crippen LogP contribution in [0.5, 0.6) is 0 Å². The molecule has 0 radical (unpaired) electrons. The predicted molar refractivity (Wildman–Crippen MR) is 87.9 cm³/mol. The van der Waals surface area contributed by atoms with Crippen molar-refractivity contribution >= 4 is 18.3 Å². The number of amides is 1. The minimum atomic E-state index is -0.278. The van der Waals surface area contributed by atoms with Gasteiger partial charge in [-0.2, -0.15) is 0 Å². The van der Waals surface area contributed by atoms with E-state index in [9.17, 15) is 4.79 Å². The predicted octanol–water partition coefficient (Wildman–Crippen LogP) is 2.46. The number of methoxy groups -OCH3 is 1. The molecule has 124 valence electrons. The van der Waals surface area contributed by atoms with E-state index in [4.69, 9.17) is 4.74 Å². The smallest absolute Gasteiger partial charge is 0.231 e. The first-order valence-corrected chi connectivity index (χ1v) is 8.04. The molecule has 0 bridgehead atoms. The molecule has 2 aliphatic rings. The molecule has 1 amide bonds. The highest BCUT2D eigenvalue weighted by Crippen LogP contribution is 2.37. The van der Waals surface area contributed by atoms with Crippen LogP contribution in [0.15, 0.2) is 0 Å². The molecule has 0 atom stereocenters. The van der Waals surface area contributed by atoms with Gasteiger partial charge in [0.15, 0.2) is 0 Å². The average molecular weight is 319 g/mol. The van der Waals surface area contributed by atoms with E-state index < -0.39 is 0 Å². The third-order valence-electron chi connectivity index (χ3n) is 5.55. The summed E-state index contributed by atoms with van der Waals surface area (Å²) >= 11 is 0. The molecule has 2 aliphatic heterocycles. The number of halogens is 1. The van der Waals surface area contributed by atoms with Gasteiger partial charge in [-0.15, -0.1) is 12.4 Å². The van der Waals surface area contributed by atoms with Crippen LogP contribution in [0.2, 0.25) is 0 Å². The Labute approximate surface area is 135 Å². The van der Waals surface area contributed by atoms with Gasteiger partial charge in [0.25, 0.3) is 0 Å². The number of carbonyl (C=O) groups is 1. The number of likely N-dealkylation sites (tertiary alicyclic amines) is 1. The van der Waals surface area contributed by atoms with Crippen LogP contribution >= 0.6 is 12.4 Å². The van der Waals surface area contributed by atoms with Crippen LogP contribution in [0.4, 0.5) is 0 Å². The summed E-state index contributed by atoms with van der Waals surface area (Å²) in [6.07, 6.45) is 5.29. The molecule has 0 aliphatic carbocycles. The maximum atomic E-state index is 13.0. The average Bonchev–Trinajstić information content (AvgIpc) is 2.49. The van der Waals surface area contributed by atoms with Crippen LogP contribution in [-0.2, 0) is 9.53 Å². The van der Waals surface area contributed by atoms with Crippen LogP contribution in [0.1, 0.15) is 46.0 Å². The second kappa shape index (κ2) is 7.80. The molecule has 5 heteroatoms. The van der Waals surface area contributed by atoms with Gasteiger partial charge in [-0.05, 0) is 44.2 Å². The molecule has 2 heterocycles. The molecule has 0 spiro atoms. The summed E-state index contributed by atoms with van der Waals surface area (Å²) in [5.41, 5.74) is 0.152. The fourth-order valence-electron chi connectivity index (χ4n) is 3.54. The van der Waals surface area contributed by atoms with Crippen LogP contribution < -0.4 is 5.32 Å². The summed E-state index contributed by atoms with van der Waals surface area (Å²) in [4.78, 5) is 15.1. The van der Waals surface area contributed by atoms with Crippen LogP contribution in [0, 0.1) is 10.8 Å². The van der Waals surface area contributed by atoms with Crippen molar-refractivity contribution in [2.24, 2.45) is 10.8 Å². The van der Waals surface area contributed by atoms with Crippen LogP contribution in [0.3, 0.4) is 0 Å². The van der Waals surface area contributed by atoms with Crippen LogP contribution in [-0.4, -0.2) is 50.7 Å². The number of rotatable bonds is 4. The number of piperidine rings is 2. The Morgan fingerprint density at radius 3 is 2.24 bits per heavy atom. The van der Waals surface area contributed by atoms with E-state index in [0.717, 1.165) is 51.9 Å². The summed E-state index contributed by atoms with van der Waals surface area (Å²) in [5.74, 6) is 0.332.